The Morgan fingerprint density at radius 3 is 0.767 bits per heavy atom. The van der Waals surface area contributed by atoms with Crippen molar-refractivity contribution in [1.82, 2.24) is 0 Å². The topological polar surface area (TPSA) is 0 Å². The smallest absolute Gasteiger partial charge is 0.0784 e. The highest BCUT2D eigenvalue weighted by atomic mass is 127. The zero-order valence-corrected chi connectivity index (χ0v) is 24.0. The maximum Gasteiger partial charge on any atom is 0.0784 e. The van der Waals surface area contributed by atoms with Crippen LogP contribution in [0.1, 0.15) is 156 Å². The van der Waals surface area contributed by atoms with Crippen molar-refractivity contribution in [3.05, 3.63) is 0 Å². The first-order valence-corrected chi connectivity index (χ1v) is 14.0. The Morgan fingerprint density at radius 1 is 0.333 bits per heavy atom. The summed E-state index contributed by atoms with van der Waals surface area (Å²) in [6.07, 6.45) is 30.3. The summed E-state index contributed by atoms with van der Waals surface area (Å²) < 4.78 is 1.36. The molecule has 0 aliphatic carbocycles. The van der Waals surface area contributed by atoms with Gasteiger partial charge >= 0.3 is 0 Å². The van der Waals surface area contributed by atoms with Gasteiger partial charge in [0.15, 0.2) is 0 Å². The molecule has 0 amide bonds. The largest absolute Gasteiger partial charge is 1.00 e. The predicted octanol–water partition coefficient (Wildman–Crippen LogP) is 6.69. The summed E-state index contributed by atoms with van der Waals surface area (Å²) in [4.78, 5) is 0. The predicted molar refractivity (Wildman–Crippen MR) is 135 cm³/mol. The van der Waals surface area contributed by atoms with Crippen LogP contribution in [0.15, 0.2) is 0 Å². The molecular weight excluding hydrogens is 477 g/mol. The highest BCUT2D eigenvalue weighted by Crippen LogP contribution is 2.16. The number of nitrogens with zero attached hydrogens (tertiary/aromatic N) is 1. The van der Waals surface area contributed by atoms with Gasteiger partial charge in [0, 0.05) is 0 Å². The van der Waals surface area contributed by atoms with Crippen LogP contribution in [-0.2, 0) is 0 Å². The van der Waals surface area contributed by atoms with Crippen LogP contribution in [0, 0.1) is 0 Å². The number of rotatable bonds is 24. The van der Waals surface area contributed by atoms with Crippen LogP contribution in [0.4, 0.5) is 0 Å². The number of hydrogen-bond acceptors (Lipinski definition) is 0. The van der Waals surface area contributed by atoms with Gasteiger partial charge in [-0.15, -0.1) is 0 Å². The summed E-state index contributed by atoms with van der Waals surface area (Å²) in [6, 6.07) is 0. The van der Waals surface area contributed by atoms with Crippen LogP contribution in [0.5, 0.6) is 0 Å². The number of unbranched alkanes of at least 4 members (excludes halogenated alkanes) is 18. The van der Waals surface area contributed by atoms with Crippen LogP contribution in [0.25, 0.3) is 0 Å². The van der Waals surface area contributed by atoms with E-state index in [-0.39, 0.29) is 24.0 Å². The Balaban J connectivity index is 0. The van der Waals surface area contributed by atoms with Crippen LogP contribution in [0.2, 0.25) is 0 Å². The lowest BCUT2D eigenvalue weighted by atomic mass is 10.1. The average Bonchev–Trinajstić information content (AvgIpc) is 2.72. The first kappa shape index (κ1) is 32.9. The van der Waals surface area contributed by atoms with Gasteiger partial charge in [0.2, 0.25) is 0 Å². The minimum Gasteiger partial charge on any atom is -1.00 e. The summed E-state index contributed by atoms with van der Waals surface area (Å²) in [7, 11) is 2.57. The molecule has 1 nitrogen and oxygen atoms in total. The molecule has 0 aliphatic heterocycles. The highest BCUT2D eigenvalue weighted by molar-refractivity contribution is 4.51. The molecule has 0 saturated carbocycles. The summed E-state index contributed by atoms with van der Waals surface area (Å²) >= 11 is 0. The molecule has 0 fully saturated rings. The third kappa shape index (κ3) is 23.4. The first-order valence-electron chi connectivity index (χ1n) is 14.0. The molecule has 0 saturated heterocycles. The maximum absolute atomic E-state index is 2.57. The summed E-state index contributed by atoms with van der Waals surface area (Å²) in [5, 5.41) is 0. The molecule has 184 valence electrons. The molecule has 30 heavy (non-hydrogen) atoms. The monoisotopic (exact) mass is 537 g/mol. The summed E-state index contributed by atoms with van der Waals surface area (Å²) in [6.45, 7) is 11.2. The lowest BCUT2D eigenvalue weighted by Crippen LogP contribution is -3.00. The minimum atomic E-state index is 0. The molecule has 0 aromatic heterocycles. The normalized spacial score (nSPS) is 11.6. The van der Waals surface area contributed by atoms with Crippen LogP contribution in [-0.4, -0.2) is 31.2 Å². The quantitative estimate of drug-likeness (QED) is 0.0731. The van der Waals surface area contributed by atoms with Gasteiger partial charge < -0.3 is 28.5 Å². The SMILES string of the molecule is CCCCCCCCC[N+](C)(CCCCCCCCC)CCCCCCCCC.[I-]. The lowest BCUT2D eigenvalue weighted by Gasteiger charge is -2.35. The van der Waals surface area contributed by atoms with Crippen LogP contribution in [0.3, 0.4) is 0 Å². The molecule has 0 N–H and O–H groups in total. The van der Waals surface area contributed by atoms with Crippen molar-refractivity contribution in [3.8, 4) is 0 Å². The molecule has 0 heterocycles. The van der Waals surface area contributed by atoms with Gasteiger partial charge in [0.25, 0.3) is 0 Å². The fourth-order valence-corrected chi connectivity index (χ4v) is 4.69. The second-order valence-electron chi connectivity index (χ2n) is 10.2. The first-order chi connectivity index (χ1) is 14.2. The van der Waals surface area contributed by atoms with E-state index in [1.54, 1.807) is 0 Å². The molecule has 0 aromatic carbocycles. The van der Waals surface area contributed by atoms with E-state index < -0.39 is 0 Å². The van der Waals surface area contributed by atoms with Crippen molar-refractivity contribution in [2.75, 3.05) is 26.7 Å². The van der Waals surface area contributed by atoms with E-state index in [1.165, 1.54) is 159 Å². The number of hydrogen-bond donors (Lipinski definition) is 0. The van der Waals surface area contributed by atoms with Gasteiger partial charge in [0.05, 0.1) is 26.7 Å². The molecular formula is C28H60IN. The second-order valence-corrected chi connectivity index (χ2v) is 10.2. The fourth-order valence-electron chi connectivity index (χ4n) is 4.69. The molecule has 0 radical (unpaired) electrons. The minimum absolute atomic E-state index is 0. The van der Waals surface area contributed by atoms with E-state index >= 15 is 0 Å². The molecule has 2 heteroatoms. The van der Waals surface area contributed by atoms with Crippen molar-refractivity contribution in [2.45, 2.75) is 156 Å². The third-order valence-electron chi connectivity index (χ3n) is 6.90. The molecule has 0 aliphatic rings. The molecule has 0 rings (SSSR count). The highest BCUT2D eigenvalue weighted by Gasteiger charge is 2.20. The Kier molecular flexibility index (Phi) is 28.4. The summed E-state index contributed by atoms with van der Waals surface area (Å²) in [5.41, 5.74) is 0. The molecule has 0 bridgehead atoms. The van der Waals surface area contributed by atoms with Gasteiger partial charge in [-0.3, -0.25) is 0 Å². The average molecular weight is 538 g/mol. The van der Waals surface area contributed by atoms with Crippen molar-refractivity contribution in [1.29, 1.82) is 0 Å². The Hall–Kier alpha value is 0.690. The van der Waals surface area contributed by atoms with Gasteiger partial charge in [-0.2, -0.15) is 0 Å². The second kappa shape index (κ2) is 25.9. The Bertz CT molecular complexity index is 259. The Labute approximate surface area is 210 Å². The van der Waals surface area contributed by atoms with Crippen LogP contribution >= 0.6 is 0 Å². The fraction of sp³-hybridized carbons (Fsp3) is 1.00. The van der Waals surface area contributed by atoms with Crippen molar-refractivity contribution in [3.63, 3.8) is 0 Å². The van der Waals surface area contributed by atoms with E-state index in [0.29, 0.717) is 0 Å². The maximum atomic E-state index is 2.57. The van der Waals surface area contributed by atoms with Gasteiger partial charge in [0.1, 0.15) is 0 Å². The van der Waals surface area contributed by atoms with Gasteiger partial charge in [-0.25, -0.2) is 0 Å². The molecule has 0 aromatic rings. The Morgan fingerprint density at radius 2 is 0.533 bits per heavy atom. The van der Waals surface area contributed by atoms with E-state index in [9.17, 15) is 0 Å². The van der Waals surface area contributed by atoms with Crippen molar-refractivity contribution < 1.29 is 28.5 Å². The van der Waals surface area contributed by atoms with Crippen molar-refractivity contribution in [2.24, 2.45) is 0 Å². The lowest BCUT2D eigenvalue weighted by molar-refractivity contribution is -0.910. The zero-order valence-electron chi connectivity index (χ0n) is 21.8. The van der Waals surface area contributed by atoms with E-state index in [4.69, 9.17) is 0 Å². The molecule has 0 atom stereocenters. The van der Waals surface area contributed by atoms with E-state index in [0.717, 1.165) is 0 Å². The van der Waals surface area contributed by atoms with Crippen molar-refractivity contribution >= 4 is 0 Å². The standard InChI is InChI=1S/C28H60N.HI/c1-5-8-11-14-17-20-23-26-29(4,27-24-21-18-15-12-9-6-2)28-25-22-19-16-13-10-7-3;/h5-28H2,1-4H3;1H/q+1;/p-1. The molecule has 0 unspecified atom stereocenters. The number of quaternary nitrogens is 1. The van der Waals surface area contributed by atoms with E-state index in [1.807, 2.05) is 0 Å². The van der Waals surface area contributed by atoms with E-state index in [2.05, 4.69) is 27.8 Å². The van der Waals surface area contributed by atoms with Gasteiger partial charge in [-0.05, 0) is 38.5 Å². The molecule has 0 spiro atoms. The number of halogens is 1. The summed E-state index contributed by atoms with van der Waals surface area (Å²) in [5.74, 6) is 0. The zero-order chi connectivity index (χ0) is 21.5. The van der Waals surface area contributed by atoms with Crippen LogP contribution < -0.4 is 24.0 Å². The third-order valence-corrected chi connectivity index (χ3v) is 6.90. The van der Waals surface area contributed by atoms with Gasteiger partial charge in [-0.1, -0.05) is 117 Å².